The maximum absolute atomic E-state index is 5.05. The van der Waals surface area contributed by atoms with Crippen molar-refractivity contribution in [2.45, 2.75) is 0 Å². The minimum atomic E-state index is 0.931. The van der Waals surface area contributed by atoms with Crippen LogP contribution in [-0.4, -0.2) is 9.97 Å². The van der Waals surface area contributed by atoms with E-state index in [1.54, 1.807) is 34.0 Å². The van der Waals surface area contributed by atoms with Gasteiger partial charge < -0.3 is 0 Å². The van der Waals surface area contributed by atoms with Gasteiger partial charge in [0.15, 0.2) is 0 Å². The number of benzene rings is 1. The lowest BCUT2D eigenvalue weighted by atomic mass is 10.2. The molecule has 6 aromatic heterocycles. The molecule has 7 aromatic rings. The van der Waals surface area contributed by atoms with Crippen LogP contribution in [0.4, 0.5) is 0 Å². The number of nitrogens with zero attached hydrogens (tertiary/aromatic N) is 2. The van der Waals surface area contributed by atoms with E-state index in [0.29, 0.717) is 0 Å². The number of fused-ring (bicyclic) bond motifs is 2. The second kappa shape index (κ2) is 8.93. The third-order valence-electron chi connectivity index (χ3n) is 5.59. The van der Waals surface area contributed by atoms with Crippen molar-refractivity contribution in [2.24, 2.45) is 0 Å². The summed E-state index contributed by atoms with van der Waals surface area (Å²) in [4.78, 5) is 17.8. The van der Waals surface area contributed by atoms with Gasteiger partial charge in [0.05, 0.1) is 20.1 Å². The fourth-order valence-corrected chi connectivity index (χ4v) is 8.78. The molecule has 6 heterocycles. The average Bonchev–Trinajstić information content (AvgIpc) is 3.70. The van der Waals surface area contributed by atoms with Gasteiger partial charge in [0, 0.05) is 29.3 Å². The minimum Gasteiger partial charge on any atom is -0.243 e. The molecule has 0 bridgehead atoms. The summed E-state index contributed by atoms with van der Waals surface area (Å²) in [7, 11) is 0. The third-order valence-corrected chi connectivity index (χ3v) is 10.8. The van der Waals surface area contributed by atoms with Gasteiger partial charge in [0.25, 0.3) is 0 Å². The molecule has 168 valence electrons. The first-order valence-corrected chi connectivity index (χ1v) is 15.2. The lowest BCUT2D eigenvalue weighted by Crippen LogP contribution is -1.97. The molecule has 0 aliphatic heterocycles. The van der Waals surface area contributed by atoms with Gasteiger partial charge in [-0.2, -0.15) is 0 Å². The molecule has 35 heavy (non-hydrogen) atoms. The van der Waals surface area contributed by atoms with Gasteiger partial charge in [-0.05, 0) is 71.4 Å². The van der Waals surface area contributed by atoms with Crippen LogP contribution in [0.25, 0.3) is 53.7 Å². The van der Waals surface area contributed by atoms with Gasteiger partial charge in [-0.3, -0.25) is 0 Å². The normalized spacial score (nSPS) is 12.9. The second-order valence-electron chi connectivity index (χ2n) is 7.89. The van der Waals surface area contributed by atoms with E-state index < -0.39 is 0 Å². The van der Waals surface area contributed by atoms with Crippen molar-refractivity contribution in [3.05, 3.63) is 102 Å². The van der Waals surface area contributed by atoms with Crippen molar-refractivity contribution in [3.63, 3.8) is 0 Å². The van der Waals surface area contributed by atoms with Gasteiger partial charge >= 0.3 is 0 Å². The zero-order valence-corrected chi connectivity index (χ0v) is 22.3. The van der Waals surface area contributed by atoms with Crippen LogP contribution in [0, 0.1) is 0 Å². The standard InChI is InChI=1S/C28H16N2S5/c1-2-6-20-19(5-1)29-27-25(15-17-9-11-23(33-17)21-7-3-13-31-21)35-26(28(27)30-20)16-18-10-12-24(34-18)22-8-4-14-32-22/h1-16H. The summed E-state index contributed by atoms with van der Waals surface area (Å²) in [6.07, 6.45) is 4.53. The van der Waals surface area contributed by atoms with Crippen molar-refractivity contribution in [2.75, 3.05) is 0 Å². The van der Waals surface area contributed by atoms with Crippen LogP contribution < -0.4 is 9.06 Å². The molecular weight excluding hydrogens is 525 g/mol. The molecule has 0 aliphatic rings. The second-order valence-corrected chi connectivity index (χ2v) is 13.1. The number of para-hydroxylation sites is 2. The van der Waals surface area contributed by atoms with Crippen molar-refractivity contribution in [3.8, 4) is 19.5 Å². The zero-order chi connectivity index (χ0) is 23.2. The van der Waals surface area contributed by atoms with Crippen LogP contribution in [0.3, 0.4) is 0 Å². The highest BCUT2D eigenvalue weighted by Crippen LogP contribution is 2.33. The Morgan fingerprint density at radius 3 is 1.46 bits per heavy atom. The first-order chi connectivity index (χ1) is 17.3. The summed E-state index contributed by atoms with van der Waals surface area (Å²) in [5.41, 5.74) is 3.81. The quantitative estimate of drug-likeness (QED) is 0.225. The molecule has 0 radical (unpaired) electrons. The molecule has 0 fully saturated rings. The lowest BCUT2D eigenvalue weighted by Gasteiger charge is -1.96. The summed E-state index contributed by atoms with van der Waals surface area (Å²) in [6, 6.07) is 25.5. The molecule has 7 heteroatoms. The molecule has 0 saturated carbocycles. The fourth-order valence-electron chi connectivity index (χ4n) is 3.98. The number of rotatable bonds is 4. The molecule has 0 spiro atoms. The molecule has 0 atom stereocenters. The van der Waals surface area contributed by atoms with Gasteiger partial charge in [0.1, 0.15) is 11.0 Å². The first-order valence-electron chi connectivity index (χ1n) is 11.0. The highest BCUT2D eigenvalue weighted by atomic mass is 32.1. The van der Waals surface area contributed by atoms with E-state index in [-0.39, 0.29) is 0 Å². The molecule has 0 N–H and O–H groups in total. The molecular formula is C28H16N2S5. The highest BCUT2D eigenvalue weighted by Gasteiger charge is 2.10. The number of thiophene rings is 5. The Bertz CT molecular complexity index is 1760. The van der Waals surface area contributed by atoms with Crippen LogP contribution in [0.15, 0.2) is 83.6 Å². The van der Waals surface area contributed by atoms with Crippen LogP contribution in [0.1, 0.15) is 9.75 Å². The molecule has 0 unspecified atom stereocenters. The topological polar surface area (TPSA) is 25.8 Å². The van der Waals surface area contributed by atoms with E-state index in [1.165, 1.54) is 29.3 Å². The third kappa shape index (κ3) is 4.09. The monoisotopic (exact) mass is 540 g/mol. The van der Waals surface area contributed by atoms with Crippen LogP contribution in [-0.2, 0) is 0 Å². The van der Waals surface area contributed by atoms with E-state index in [1.807, 2.05) is 46.9 Å². The minimum absolute atomic E-state index is 0.931. The van der Waals surface area contributed by atoms with E-state index in [0.717, 1.165) is 31.1 Å². The SMILES string of the molecule is C(c1ccc(-c2cccs2)s1)=c1sc(=Cc2ccc(-c3cccs3)s2)c2nc3ccccc3nc12. The summed E-state index contributed by atoms with van der Waals surface area (Å²) in [6.45, 7) is 0. The molecule has 2 nitrogen and oxygen atoms in total. The first kappa shape index (κ1) is 21.4. The Kier molecular flexibility index (Phi) is 5.45. The van der Waals surface area contributed by atoms with Crippen LogP contribution >= 0.6 is 56.7 Å². The molecule has 1 aromatic carbocycles. The van der Waals surface area contributed by atoms with Gasteiger partial charge in [0.2, 0.25) is 0 Å². The Labute approximate surface area is 221 Å². The van der Waals surface area contributed by atoms with E-state index in [9.17, 15) is 0 Å². The smallest absolute Gasteiger partial charge is 0.108 e. The van der Waals surface area contributed by atoms with Crippen LogP contribution in [0.2, 0.25) is 0 Å². The van der Waals surface area contributed by atoms with E-state index in [2.05, 4.69) is 71.4 Å². The predicted molar refractivity (Wildman–Crippen MR) is 157 cm³/mol. The lowest BCUT2D eigenvalue weighted by molar-refractivity contribution is 1.40. The van der Waals surface area contributed by atoms with Crippen molar-refractivity contribution in [1.82, 2.24) is 9.97 Å². The number of hydrogen-bond donors (Lipinski definition) is 0. The summed E-state index contributed by atoms with van der Waals surface area (Å²) >= 11 is 8.97. The van der Waals surface area contributed by atoms with Gasteiger partial charge in [-0.15, -0.1) is 56.7 Å². The molecule has 0 amide bonds. The Balaban J connectivity index is 1.41. The molecule has 0 saturated heterocycles. The molecule has 7 rings (SSSR count). The summed E-state index contributed by atoms with van der Waals surface area (Å²) in [5, 5.41) is 4.25. The largest absolute Gasteiger partial charge is 0.243 e. The summed E-state index contributed by atoms with van der Waals surface area (Å²) in [5.74, 6) is 0. The Morgan fingerprint density at radius 1 is 0.486 bits per heavy atom. The van der Waals surface area contributed by atoms with Crippen LogP contribution in [0.5, 0.6) is 0 Å². The fraction of sp³-hybridized carbons (Fsp3) is 0. The summed E-state index contributed by atoms with van der Waals surface area (Å²) < 4.78 is 2.30. The maximum Gasteiger partial charge on any atom is 0.108 e. The number of aromatic nitrogens is 2. The van der Waals surface area contributed by atoms with Gasteiger partial charge in [-0.25, -0.2) is 9.97 Å². The molecule has 0 aliphatic carbocycles. The van der Waals surface area contributed by atoms with E-state index >= 15 is 0 Å². The van der Waals surface area contributed by atoms with Crippen molar-refractivity contribution < 1.29 is 0 Å². The highest BCUT2D eigenvalue weighted by molar-refractivity contribution is 7.22. The Hall–Kier alpha value is -2.94. The Morgan fingerprint density at radius 2 is 1.00 bits per heavy atom. The number of hydrogen-bond acceptors (Lipinski definition) is 7. The van der Waals surface area contributed by atoms with E-state index in [4.69, 9.17) is 9.97 Å². The van der Waals surface area contributed by atoms with Gasteiger partial charge in [-0.1, -0.05) is 24.3 Å². The maximum atomic E-state index is 5.05. The van der Waals surface area contributed by atoms with Crippen molar-refractivity contribution in [1.29, 1.82) is 0 Å². The predicted octanol–water partition coefficient (Wildman–Crippen LogP) is 8.08. The average molecular weight is 541 g/mol. The zero-order valence-electron chi connectivity index (χ0n) is 18.2. The van der Waals surface area contributed by atoms with Crippen molar-refractivity contribution >= 4 is 90.9 Å².